The topological polar surface area (TPSA) is 49.9 Å². The number of amides is 2. The number of hydrogen-bond acceptors (Lipinski definition) is 3. The summed E-state index contributed by atoms with van der Waals surface area (Å²) in [5.74, 6) is -0.495. The largest absolute Gasteiger partial charge is 0.488 e. The van der Waals surface area contributed by atoms with Crippen LogP contribution < -0.4 is 4.74 Å². The van der Waals surface area contributed by atoms with Crippen LogP contribution in [0.15, 0.2) is 18.2 Å². The average molecular weight is 336 g/mol. The lowest BCUT2D eigenvalue weighted by atomic mass is 10.1. The van der Waals surface area contributed by atoms with E-state index in [-0.39, 0.29) is 23.7 Å². The van der Waals surface area contributed by atoms with Gasteiger partial charge in [0.2, 0.25) is 5.91 Å². The van der Waals surface area contributed by atoms with Crippen molar-refractivity contribution >= 4 is 11.8 Å². The zero-order chi connectivity index (χ0) is 17.7. The first-order chi connectivity index (χ1) is 11.4. The van der Waals surface area contributed by atoms with Crippen molar-refractivity contribution in [1.29, 1.82) is 0 Å². The molecule has 1 saturated heterocycles. The Hall–Kier alpha value is -2.11. The molecule has 1 aliphatic rings. The fraction of sp³-hybridized carbons (Fsp3) is 0.556. The number of rotatable bonds is 4. The van der Waals surface area contributed by atoms with E-state index in [2.05, 4.69) is 0 Å². The third-order valence-electron chi connectivity index (χ3n) is 3.98. The van der Waals surface area contributed by atoms with Gasteiger partial charge in [-0.2, -0.15) is 0 Å². The Morgan fingerprint density at radius 2 is 1.83 bits per heavy atom. The van der Waals surface area contributed by atoms with Crippen molar-refractivity contribution < 1.29 is 18.7 Å². The summed E-state index contributed by atoms with van der Waals surface area (Å²) < 4.78 is 19.4. The molecule has 1 fully saturated rings. The van der Waals surface area contributed by atoms with Crippen molar-refractivity contribution in [3.63, 3.8) is 0 Å². The molecule has 6 heteroatoms. The summed E-state index contributed by atoms with van der Waals surface area (Å²) >= 11 is 0. The second kappa shape index (κ2) is 8.13. The number of nitrogens with zero attached hydrogens (tertiary/aromatic N) is 2. The van der Waals surface area contributed by atoms with E-state index < -0.39 is 5.82 Å². The van der Waals surface area contributed by atoms with Gasteiger partial charge in [0.15, 0.2) is 11.6 Å². The summed E-state index contributed by atoms with van der Waals surface area (Å²) in [4.78, 5) is 27.9. The summed E-state index contributed by atoms with van der Waals surface area (Å²) in [7, 11) is 0. The first-order valence-corrected chi connectivity index (χ1v) is 8.45. The molecule has 0 radical (unpaired) electrons. The minimum Gasteiger partial charge on any atom is -0.488 e. The minimum atomic E-state index is -0.535. The average Bonchev–Trinajstić information content (AvgIpc) is 2.81. The Kier molecular flexibility index (Phi) is 6.17. The number of benzene rings is 1. The number of carbonyl (C=O) groups excluding carboxylic acids is 2. The van der Waals surface area contributed by atoms with Crippen LogP contribution in [0.5, 0.6) is 5.75 Å². The second-order valence-corrected chi connectivity index (χ2v) is 6.19. The lowest BCUT2D eigenvalue weighted by Gasteiger charge is -2.22. The number of ether oxygens (including phenoxy) is 1. The Labute approximate surface area is 142 Å². The second-order valence-electron chi connectivity index (χ2n) is 6.19. The Morgan fingerprint density at radius 3 is 2.46 bits per heavy atom. The van der Waals surface area contributed by atoms with Crippen LogP contribution >= 0.6 is 0 Å². The van der Waals surface area contributed by atoms with Crippen LogP contribution in [-0.4, -0.2) is 53.9 Å². The number of hydrogen-bond donors (Lipinski definition) is 0. The van der Waals surface area contributed by atoms with Gasteiger partial charge in [-0.25, -0.2) is 4.39 Å². The van der Waals surface area contributed by atoms with Crippen molar-refractivity contribution in [3.05, 3.63) is 29.6 Å². The molecular formula is C18H25FN2O3. The fourth-order valence-electron chi connectivity index (χ4n) is 2.76. The standard InChI is InChI=1S/C18H25FN2O3/c1-4-17(22)20-8-5-9-21(11-10-20)18(23)14-6-7-16(15(19)12-14)24-13(2)3/h6-7,12-13H,4-5,8-11H2,1-3H3. The fourth-order valence-corrected chi connectivity index (χ4v) is 2.76. The van der Waals surface area contributed by atoms with Gasteiger partial charge in [0.25, 0.3) is 5.91 Å². The monoisotopic (exact) mass is 336 g/mol. The maximum absolute atomic E-state index is 14.1. The summed E-state index contributed by atoms with van der Waals surface area (Å²) in [6.45, 7) is 7.69. The van der Waals surface area contributed by atoms with Crippen molar-refractivity contribution in [2.24, 2.45) is 0 Å². The van der Waals surface area contributed by atoms with Crippen LogP contribution in [0.2, 0.25) is 0 Å². The molecule has 24 heavy (non-hydrogen) atoms. The first kappa shape index (κ1) is 18.2. The van der Waals surface area contributed by atoms with Gasteiger partial charge in [0.05, 0.1) is 6.10 Å². The van der Waals surface area contributed by atoms with Gasteiger partial charge >= 0.3 is 0 Å². The molecule has 0 saturated carbocycles. The zero-order valence-corrected chi connectivity index (χ0v) is 14.5. The molecule has 132 valence electrons. The quantitative estimate of drug-likeness (QED) is 0.849. The van der Waals surface area contributed by atoms with E-state index in [4.69, 9.17) is 4.74 Å². The molecule has 0 N–H and O–H groups in total. The smallest absolute Gasteiger partial charge is 0.254 e. The first-order valence-electron chi connectivity index (χ1n) is 8.45. The zero-order valence-electron chi connectivity index (χ0n) is 14.5. The molecule has 0 aromatic heterocycles. The van der Waals surface area contributed by atoms with Crippen molar-refractivity contribution in [2.75, 3.05) is 26.2 Å². The van der Waals surface area contributed by atoms with E-state index in [0.29, 0.717) is 38.2 Å². The van der Waals surface area contributed by atoms with Crippen LogP contribution in [0.1, 0.15) is 44.0 Å². The van der Waals surface area contributed by atoms with Gasteiger partial charge in [0, 0.05) is 38.2 Å². The van der Waals surface area contributed by atoms with Crippen molar-refractivity contribution in [1.82, 2.24) is 9.80 Å². The van der Waals surface area contributed by atoms with E-state index in [1.165, 1.54) is 12.1 Å². The van der Waals surface area contributed by atoms with E-state index in [1.54, 1.807) is 15.9 Å². The van der Waals surface area contributed by atoms with E-state index >= 15 is 0 Å². The summed E-state index contributed by atoms with van der Waals surface area (Å²) in [5.41, 5.74) is 0.305. The summed E-state index contributed by atoms with van der Waals surface area (Å²) in [6.07, 6.45) is 1.07. The van der Waals surface area contributed by atoms with E-state index in [9.17, 15) is 14.0 Å². The molecule has 0 spiro atoms. The van der Waals surface area contributed by atoms with Gasteiger partial charge in [0.1, 0.15) is 0 Å². The molecule has 0 atom stereocenters. The summed E-state index contributed by atoms with van der Waals surface area (Å²) in [6, 6.07) is 4.30. The predicted octanol–water partition coefficient (Wildman–Crippen LogP) is 2.70. The molecular weight excluding hydrogens is 311 g/mol. The highest BCUT2D eigenvalue weighted by Crippen LogP contribution is 2.21. The number of halogens is 1. The third-order valence-corrected chi connectivity index (χ3v) is 3.98. The Morgan fingerprint density at radius 1 is 1.17 bits per heavy atom. The maximum Gasteiger partial charge on any atom is 0.254 e. The lowest BCUT2D eigenvalue weighted by molar-refractivity contribution is -0.130. The molecule has 0 aliphatic carbocycles. The molecule has 2 amide bonds. The van der Waals surface area contributed by atoms with E-state index in [1.807, 2.05) is 20.8 Å². The molecule has 5 nitrogen and oxygen atoms in total. The molecule has 1 aromatic carbocycles. The van der Waals surface area contributed by atoms with Crippen molar-refractivity contribution in [2.45, 2.75) is 39.7 Å². The highest BCUT2D eigenvalue weighted by molar-refractivity contribution is 5.94. The number of carbonyl (C=O) groups is 2. The van der Waals surface area contributed by atoms with Gasteiger partial charge < -0.3 is 14.5 Å². The van der Waals surface area contributed by atoms with Crippen LogP contribution in [0.3, 0.4) is 0 Å². The molecule has 1 aromatic rings. The summed E-state index contributed by atoms with van der Waals surface area (Å²) in [5, 5.41) is 0. The predicted molar refractivity (Wildman–Crippen MR) is 89.6 cm³/mol. The van der Waals surface area contributed by atoms with Gasteiger partial charge in [-0.1, -0.05) is 6.92 Å². The van der Waals surface area contributed by atoms with Crippen molar-refractivity contribution in [3.8, 4) is 5.75 Å². The van der Waals surface area contributed by atoms with Gasteiger partial charge in [-0.05, 0) is 38.5 Å². The van der Waals surface area contributed by atoms with Crippen LogP contribution in [0.4, 0.5) is 4.39 Å². The third kappa shape index (κ3) is 4.46. The molecule has 2 rings (SSSR count). The Balaban J connectivity index is 2.06. The highest BCUT2D eigenvalue weighted by atomic mass is 19.1. The highest BCUT2D eigenvalue weighted by Gasteiger charge is 2.23. The van der Waals surface area contributed by atoms with Crippen LogP contribution in [-0.2, 0) is 4.79 Å². The lowest BCUT2D eigenvalue weighted by Crippen LogP contribution is -2.37. The van der Waals surface area contributed by atoms with E-state index in [0.717, 1.165) is 6.42 Å². The van der Waals surface area contributed by atoms with Crippen LogP contribution in [0.25, 0.3) is 0 Å². The maximum atomic E-state index is 14.1. The molecule has 1 aliphatic heterocycles. The minimum absolute atomic E-state index is 0.102. The molecule has 0 unspecified atom stereocenters. The van der Waals surface area contributed by atoms with Gasteiger partial charge in [-0.3, -0.25) is 9.59 Å². The molecule has 1 heterocycles. The van der Waals surface area contributed by atoms with Gasteiger partial charge in [-0.15, -0.1) is 0 Å². The molecule has 0 bridgehead atoms. The van der Waals surface area contributed by atoms with Crippen LogP contribution in [0, 0.1) is 5.82 Å². The normalized spacial score (nSPS) is 15.4. The SMILES string of the molecule is CCC(=O)N1CCCN(C(=O)c2ccc(OC(C)C)c(F)c2)CC1. The Bertz CT molecular complexity index is 604.